The Balaban J connectivity index is 2.36. The molecular formula is C11H10N2O2S. The van der Waals surface area contributed by atoms with Gasteiger partial charge in [-0.2, -0.15) is 5.10 Å². The Morgan fingerprint density at radius 1 is 1.56 bits per heavy atom. The SMILES string of the molecule is Cc1ccc(-c2n[nH]cc2C=CC(=O)O)s1. The van der Waals surface area contributed by atoms with Crippen LogP contribution in [0, 0.1) is 6.92 Å². The third kappa shape index (κ3) is 2.20. The number of carboxylic acid groups (broad SMARTS) is 1. The number of carboxylic acids is 1. The number of aliphatic carboxylic acids is 1. The van der Waals surface area contributed by atoms with Crippen molar-refractivity contribution in [3.8, 4) is 10.6 Å². The van der Waals surface area contributed by atoms with E-state index < -0.39 is 5.97 Å². The van der Waals surface area contributed by atoms with Gasteiger partial charge >= 0.3 is 5.97 Å². The molecule has 0 bridgehead atoms. The van der Waals surface area contributed by atoms with Gasteiger partial charge in [-0.1, -0.05) is 0 Å². The number of aromatic amines is 1. The molecule has 2 aromatic heterocycles. The largest absolute Gasteiger partial charge is 0.478 e. The molecule has 0 fully saturated rings. The molecule has 2 heterocycles. The molecule has 0 spiro atoms. The zero-order chi connectivity index (χ0) is 11.5. The monoisotopic (exact) mass is 234 g/mol. The first-order valence-electron chi connectivity index (χ1n) is 4.68. The Bertz CT molecular complexity index is 540. The fraction of sp³-hybridized carbons (Fsp3) is 0.0909. The van der Waals surface area contributed by atoms with Crippen LogP contribution in [0.3, 0.4) is 0 Å². The molecule has 0 amide bonds. The summed E-state index contributed by atoms with van der Waals surface area (Å²) in [5.41, 5.74) is 1.57. The number of thiophene rings is 1. The lowest BCUT2D eigenvalue weighted by molar-refractivity contribution is -0.131. The van der Waals surface area contributed by atoms with Crippen LogP contribution in [0.5, 0.6) is 0 Å². The molecule has 0 saturated carbocycles. The maximum atomic E-state index is 10.4. The summed E-state index contributed by atoms with van der Waals surface area (Å²) in [7, 11) is 0. The minimum Gasteiger partial charge on any atom is -0.478 e. The number of hydrogen-bond donors (Lipinski definition) is 2. The van der Waals surface area contributed by atoms with Crippen molar-refractivity contribution in [3.63, 3.8) is 0 Å². The van der Waals surface area contributed by atoms with E-state index in [0.717, 1.165) is 22.2 Å². The molecule has 4 nitrogen and oxygen atoms in total. The van der Waals surface area contributed by atoms with Crippen LogP contribution >= 0.6 is 11.3 Å². The predicted octanol–water partition coefficient (Wildman–Crippen LogP) is 2.54. The Morgan fingerprint density at radius 2 is 2.38 bits per heavy atom. The summed E-state index contributed by atoms with van der Waals surface area (Å²) in [6.45, 7) is 2.02. The van der Waals surface area contributed by atoms with Crippen LogP contribution in [-0.2, 0) is 4.79 Å². The molecule has 0 saturated heterocycles. The van der Waals surface area contributed by atoms with E-state index in [4.69, 9.17) is 5.11 Å². The molecule has 16 heavy (non-hydrogen) atoms. The highest BCUT2D eigenvalue weighted by Gasteiger charge is 2.08. The number of nitrogens with zero attached hydrogens (tertiary/aromatic N) is 1. The van der Waals surface area contributed by atoms with E-state index in [1.165, 1.54) is 11.0 Å². The topological polar surface area (TPSA) is 66.0 Å². The summed E-state index contributed by atoms with van der Waals surface area (Å²) in [6, 6.07) is 3.99. The zero-order valence-corrected chi connectivity index (χ0v) is 9.41. The molecule has 82 valence electrons. The summed E-state index contributed by atoms with van der Waals surface area (Å²) in [4.78, 5) is 12.7. The standard InChI is InChI=1S/C11H10N2O2S/c1-7-2-4-9(16-7)11-8(6-12-13-11)3-5-10(14)15/h2-6H,1H3,(H,12,13)(H,14,15). The van der Waals surface area contributed by atoms with Crippen molar-refractivity contribution in [1.29, 1.82) is 0 Å². The van der Waals surface area contributed by atoms with Gasteiger partial charge in [0.25, 0.3) is 0 Å². The number of rotatable bonds is 3. The molecule has 0 radical (unpaired) electrons. The molecular weight excluding hydrogens is 224 g/mol. The molecule has 5 heteroatoms. The van der Waals surface area contributed by atoms with Gasteiger partial charge in [0.2, 0.25) is 0 Å². The van der Waals surface area contributed by atoms with Gasteiger partial charge in [-0.15, -0.1) is 11.3 Å². The minimum atomic E-state index is -0.963. The van der Waals surface area contributed by atoms with E-state index >= 15 is 0 Å². The molecule has 0 atom stereocenters. The molecule has 0 aliphatic carbocycles. The van der Waals surface area contributed by atoms with Crippen LogP contribution in [0.2, 0.25) is 0 Å². The maximum absolute atomic E-state index is 10.4. The number of aryl methyl sites for hydroxylation is 1. The summed E-state index contributed by atoms with van der Waals surface area (Å²) >= 11 is 1.63. The first kappa shape index (κ1) is 10.6. The fourth-order valence-electron chi connectivity index (χ4n) is 1.35. The highest BCUT2D eigenvalue weighted by atomic mass is 32.1. The second kappa shape index (κ2) is 4.32. The van der Waals surface area contributed by atoms with E-state index in [1.807, 2.05) is 19.1 Å². The molecule has 2 rings (SSSR count). The van der Waals surface area contributed by atoms with E-state index in [9.17, 15) is 4.79 Å². The van der Waals surface area contributed by atoms with Crippen molar-refractivity contribution in [3.05, 3.63) is 34.8 Å². The van der Waals surface area contributed by atoms with Crippen LogP contribution in [0.15, 0.2) is 24.4 Å². The highest BCUT2D eigenvalue weighted by molar-refractivity contribution is 7.15. The van der Waals surface area contributed by atoms with Crippen LogP contribution in [0.25, 0.3) is 16.6 Å². The van der Waals surface area contributed by atoms with Gasteiger partial charge in [-0.05, 0) is 25.1 Å². The van der Waals surface area contributed by atoms with Crippen molar-refractivity contribution in [2.24, 2.45) is 0 Å². The first-order chi connectivity index (χ1) is 7.66. The summed E-state index contributed by atoms with van der Waals surface area (Å²) in [5, 5.41) is 15.4. The Hall–Kier alpha value is -1.88. The lowest BCUT2D eigenvalue weighted by Crippen LogP contribution is -1.85. The van der Waals surface area contributed by atoms with Gasteiger partial charge in [-0.3, -0.25) is 5.10 Å². The molecule has 2 aromatic rings. The summed E-state index contributed by atoms with van der Waals surface area (Å²) in [6.07, 6.45) is 4.33. The van der Waals surface area contributed by atoms with E-state index in [-0.39, 0.29) is 0 Å². The lowest BCUT2D eigenvalue weighted by Gasteiger charge is -1.92. The summed E-state index contributed by atoms with van der Waals surface area (Å²) < 4.78 is 0. The van der Waals surface area contributed by atoms with Crippen LogP contribution in [0.4, 0.5) is 0 Å². The van der Waals surface area contributed by atoms with Crippen molar-refractivity contribution in [2.75, 3.05) is 0 Å². The minimum absolute atomic E-state index is 0.782. The van der Waals surface area contributed by atoms with Crippen molar-refractivity contribution < 1.29 is 9.90 Å². The fourth-order valence-corrected chi connectivity index (χ4v) is 2.23. The van der Waals surface area contributed by atoms with Gasteiger partial charge < -0.3 is 5.11 Å². The number of nitrogens with one attached hydrogen (secondary N) is 1. The Labute approximate surface area is 96.3 Å². The molecule has 2 N–H and O–H groups in total. The molecule has 0 unspecified atom stereocenters. The van der Waals surface area contributed by atoms with Crippen LogP contribution < -0.4 is 0 Å². The van der Waals surface area contributed by atoms with Crippen molar-refractivity contribution in [2.45, 2.75) is 6.92 Å². The summed E-state index contributed by atoms with van der Waals surface area (Å²) in [5.74, 6) is -0.963. The number of H-pyrrole nitrogens is 1. The highest BCUT2D eigenvalue weighted by Crippen LogP contribution is 2.28. The van der Waals surface area contributed by atoms with Crippen LogP contribution in [0.1, 0.15) is 10.4 Å². The van der Waals surface area contributed by atoms with Gasteiger partial charge in [-0.25, -0.2) is 4.79 Å². The lowest BCUT2D eigenvalue weighted by atomic mass is 10.2. The third-order valence-electron chi connectivity index (χ3n) is 2.05. The van der Waals surface area contributed by atoms with Gasteiger partial charge in [0, 0.05) is 22.7 Å². The predicted molar refractivity (Wildman–Crippen MR) is 63.3 cm³/mol. The second-order valence-corrected chi connectivity index (χ2v) is 4.56. The average Bonchev–Trinajstić information content (AvgIpc) is 2.82. The first-order valence-corrected chi connectivity index (χ1v) is 5.50. The molecule has 0 aliphatic heterocycles. The molecule has 0 aliphatic rings. The quantitative estimate of drug-likeness (QED) is 0.802. The van der Waals surface area contributed by atoms with Crippen LogP contribution in [-0.4, -0.2) is 21.3 Å². The second-order valence-electron chi connectivity index (χ2n) is 3.27. The van der Waals surface area contributed by atoms with Gasteiger partial charge in [0.15, 0.2) is 0 Å². The van der Waals surface area contributed by atoms with Gasteiger partial charge in [0.1, 0.15) is 5.69 Å². The smallest absolute Gasteiger partial charge is 0.328 e. The Kier molecular flexibility index (Phi) is 2.87. The number of carbonyl (C=O) groups is 1. The van der Waals surface area contributed by atoms with E-state index in [0.29, 0.717) is 0 Å². The third-order valence-corrected chi connectivity index (χ3v) is 3.06. The van der Waals surface area contributed by atoms with Crippen molar-refractivity contribution >= 4 is 23.4 Å². The van der Waals surface area contributed by atoms with E-state index in [1.54, 1.807) is 17.5 Å². The Morgan fingerprint density at radius 3 is 3.00 bits per heavy atom. The average molecular weight is 234 g/mol. The number of aromatic nitrogens is 2. The van der Waals surface area contributed by atoms with E-state index in [2.05, 4.69) is 10.2 Å². The number of hydrogen-bond acceptors (Lipinski definition) is 3. The zero-order valence-electron chi connectivity index (χ0n) is 8.60. The normalized spacial score (nSPS) is 11.1. The van der Waals surface area contributed by atoms with Crippen molar-refractivity contribution in [1.82, 2.24) is 10.2 Å². The maximum Gasteiger partial charge on any atom is 0.328 e. The molecule has 0 aromatic carbocycles. The van der Waals surface area contributed by atoms with Gasteiger partial charge in [0.05, 0.1) is 4.88 Å².